The highest BCUT2D eigenvalue weighted by atomic mass is 79.9. The van der Waals surface area contributed by atoms with Gasteiger partial charge in [0.05, 0.1) is 23.3 Å². The molecule has 1 aromatic heterocycles. The Balaban J connectivity index is 2.00. The summed E-state index contributed by atoms with van der Waals surface area (Å²) in [5, 5.41) is 0.564. The molecule has 2 heterocycles. The summed E-state index contributed by atoms with van der Waals surface area (Å²) in [6.45, 7) is 0.410. The van der Waals surface area contributed by atoms with Gasteiger partial charge in [0.1, 0.15) is 5.82 Å². The first-order chi connectivity index (χ1) is 10.3. The Morgan fingerprint density at radius 1 is 1.36 bits per heavy atom. The average Bonchev–Trinajstić information content (AvgIpc) is 2.60. The average molecular weight is 387 g/mol. The maximum Gasteiger partial charge on any atom is 0.264 e. The van der Waals surface area contributed by atoms with Gasteiger partial charge in [-0.05, 0) is 31.0 Å². The van der Waals surface area contributed by atoms with E-state index in [2.05, 4.69) is 20.9 Å². The van der Waals surface area contributed by atoms with Gasteiger partial charge in [0.25, 0.3) is 15.7 Å². The second-order valence-corrected chi connectivity index (χ2v) is 7.91. The number of halogens is 1. The van der Waals surface area contributed by atoms with Crippen LogP contribution in [0.3, 0.4) is 0 Å². The molecule has 118 valence electrons. The van der Waals surface area contributed by atoms with E-state index in [0.717, 1.165) is 10.7 Å². The first-order valence-electron chi connectivity index (χ1n) is 6.91. The fraction of sp³-hybridized carbons (Fsp3) is 0.429. The Morgan fingerprint density at radius 2 is 2.14 bits per heavy atom. The highest BCUT2D eigenvalue weighted by Crippen LogP contribution is 2.20. The quantitative estimate of drug-likeness (QED) is 0.735. The molecule has 6 nitrogen and oxygen atoms in total. The molecule has 0 amide bonds. The molecule has 0 spiro atoms. The number of fused-ring (bicyclic) bond motifs is 2. The van der Waals surface area contributed by atoms with Crippen LogP contribution in [0.1, 0.15) is 18.7 Å². The molecule has 22 heavy (non-hydrogen) atoms. The van der Waals surface area contributed by atoms with E-state index in [-0.39, 0.29) is 5.56 Å². The summed E-state index contributed by atoms with van der Waals surface area (Å²) in [6.07, 6.45) is 2.15. The molecule has 0 aliphatic carbocycles. The monoisotopic (exact) mass is 386 g/mol. The van der Waals surface area contributed by atoms with E-state index in [4.69, 9.17) is 4.18 Å². The number of hydrogen-bond acceptors (Lipinski definition) is 5. The van der Waals surface area contributed by atoms with Crippen LogP contribution in [0.5, 0.6) is 0 Å². The molecule has 8 heteroatoms. The summed E-state index contributed by atoms with van der Waals surface area (Å²) >= 11 is 3.38. The van der Waals surface area contributed by atoms with Gasteiger partial charge in [-0.3, -0.25) is 13.5 Å². The Morgan fingerprint density at radius 3 is 2.86 bits per heavy atom. The van der Waals surface area contributed by atoms with Crippen LogP contribution < -0.4 is 5.56 Å². The minimum absolute atomic E-state index is 0.0903. The van der Waals surface area contributed by atoms with E-state index in [1.807, 2.05) is 12.1 Å². The van der Waals surface area contributed by atoms with Crippen LogP contribution in [0.2, 0.25) is 0 Å². The lowest BCUT2D eigenvalue weighted by molar-refractivity contribution is 0.191. The third-order valence-electron chi connectivity index (χ3n) is 3.67. The summed E-state index contributed by atoms with van der Waals surface area (Å²) in [4.78, 5) is 17.1. The van der Waals surface area contributed by atoms with Gasteiger partial charge in [-0.25, -0.2) is 4.98 Å². The maximum atomic E-state index is 12.6. The molecule has 0 N–H and O–H groups in total. The highest BCUT2D eigenvalue weighted by molar-refractivity contribution is 9.10. The fourth-order valence-corrected chi connectivity index (χ4v) is 3.75. The SMILES string of the molecule is CS(=O)(=O)OC1CCc2nc3cc(Br)ccc3c(=O)n2CC1. The molecule has 0 bridgehead atoms. The molecule has 1 atom stereocenters. The molecule has 0 fully saturated rings. The van der Waals surface area contributed by atoms with Crippen LogP contribution in [-0.2, 0) is 27.3 Å². The highest BCUT2D eigenvalue weighted by Gasteiger charge is 2.22. The Hall–Kier alpha value is -1.25. The first-order valence-corrected chi connectivity index (χ1v) is 9.52. The lowest BCUT2D eigenvalue weighted by atomic mass is 10.1. The normalized spacial score (nSPS) is 18.9. The molecule has 1 unspecified atom stereocenters. The standard InChI is InChI=1S/C14H15BrN2O4S/c1-22(19,20)21-10-3-5-13-16-12-8-9(15)2-4-11(12)14(18)17(13)7-6-10/h2,4,8,10H,3,5-7H2,1H3. The molecular formula is C14H15BrN2O4S. The number of aryl methyl sites for hydroxylation is 1. The zero-order valence-corrected chi connectivity index (χ0v) is 14.4. The van der Waals surface area contributed by atoms with Crippen molar-refractivity contribution in [1.82, 2.24) is 9.55 Å². The van der Waals surface area contributed by atoms with Crippen LogP contribution in [0, 0.1) is 0 Å². The van der Waals surface area contributed by atoms with Crippen molar-refractivity contribution in [3.63, 3.8) is 0 Å². The van der Waals surface area contributed by atoms with Crippen LogP contribution in [0.4, 0.5) is 0 Å². The minimum atomic E-state index is -3.50. The second kappa shape index (κ2) is 5.75. The smallest absolute Gasteiger partial charge is 0.264 e. The largest absolute Gasteiger partial charge is 0.296 e. The van der Waals surface area contributed by atoms with E-state index in [0.29, 0.717) is 42.5 Å². The minimum Gasteiger partial charge on any atom is -0.296 e. The van der Waals surface area contributed by atoms with Crippen molar-refractivity contribution in [3.05, 3.63) is 38.9 Å². The molecule has 0 saturated heterocycles. The predicted octanol–water partition coefficient (Wildman–Crippen LogP) is 1.84. The molecule has 0 radical (unpaired) electrons. The van der Waals surface area contributed by atoms with Crippen LogP contribution in [0.15, 0.2) is 27.5 Å². The van der Waals surface area contributed by atoms with Gasteiger partial charge < -0.3 is 0 Å². The molecule has 2 aromatic rings. The van der Waals surface area contributed by atoms with Crippen molar-refractivity contribution in [1.29, 1.82) is 0 Å². The van der Waals surface area contributed by atoms with E-state index >= 15 is 0 Å². The zero-order valence-electron chi connectivity index (χ0n) is 12.0. The maximum absolute atomic E-state index is 12.6. The Labute approximate surface area is 136 Å². The Bertz CT molecular complexity index is 892. The topological polar surface area (TPSA) is 78.3 Å². The lowest BCUT2D eigenvalue weighted by Crippen LogP contribution is -2.25. The number of hydrogen-bond donors (Lipinski definition) is 0. The third kappa shape index (κ3) is 3.23. The molecule has 1 aliphatic rings. The number of benzene rings is 1. The van der Waals surface area contributed by atoms with Crippen LogP contribution in [0.25, 0.3) is 10.9 Å². The number of rotatable bonds is 2. The van der Waals surface area contributed by atoms with Crippen molar-refractivity contribution in [2.24, 2.45) is 0 Å². The number of nitrogens with zero attached hydrogens (tertiary/aromatic N) is 2. The van der Waals surface area contributed by atoms with E-state index in [1.54, 1.807) is 10.6 Å². The van der Waals surface area contributed by atoms with Crippen molar-refractivity contribution >= 4 is 37.0 Å². The van der Waals surface area contributed by atoms with Crippen molar-refractivity contribution in [2.75, 3.05) is 6.26 Å². The fourth-order valence-electron chi connectivity index (χ4n) is 2.71. The predicted molar refractivity (Wildman–Crippen MR) is 86.4 cm³/mol. The van der Waals surface area contributed by atoms with Gasteiger partial charge in [-0.15, -0.1) is 0 Å². The van der Waals surface area contributed by atoms with Crippen molar-refractivity contribution in [3.8, 4) is 0 Å². The molecule has 0 saturated carbocycles. The molecule has 1 aromatic carbocycles. The van der Waals surface area contributed by atoms with E-state index in [9.17, 15) is 13.2 Å². The van der Waals surface area contributed by atoms with Gasteiger partial charge >= 0.3 is 0 Å². The zero-order chi connectivity index (χ0) is 15.9. The molecular weight excluding hydrogens is 372 g/mol. The van der Waals surface area contributed by atoms with Gasteiger partial charge in [0, 0.05) is 17.4 Å². The van der Waals surface area contributed by atoms with Gasteiger partial charge in [0.15, 0.2) is 0 Å². The number of aromatic nitrogens is 2. The summed E-state index contributed by atoms with van der Waals surface area (Å²) in [7, 11) is -3.50. The third-order valence-corrected chi connectivity index (χ3v) is 4.79. The summed E-state index contributed by atoms with van der Waals surface area (Å²) < 4.78 is 30.1. The second-order valence-electron chi connectivity index (χ2n) is 5.40. The van der Waals surface area contributed by atoms with Crippen molar-refractivity contribution < 1.29 is 12.6 Å². The summed E-state index contributed by atoms with van der Waals surface area (Å²) in [5.41, 5.74) is 0.556. The Kier molecular flexibility index (Phi) is 4.09. The van der Waals surface area contributed by atoms with Gasteiger partial charge in [-0.1, -0.05) is 15.9 Å². The van der Waals surface area contributed by atoms with Gasteiger partial charge in [0.2, 0.25) is 0 Å². The summed E-state index contributed by atoms with van der Waals surface area (Å²) in [6, 6.07) is 5.37. The van der Waals surface area contributed by atoms with Crippen LogP contribution >= 0.6 is 15.9 Å². The van der Waals surface area contributed by atoms with Crippen molar-refractivity contribution in [2.45, 2.75) is 31.9 Å². The van der Waals surface area contributed by atoms with Gasteiger partial charge in [-0.2, -0.15) is 8.42 Å². The first kappa shape index (κ1) is 15.6. The molecule has 1 aliphatic heterocycles. The molecule has 3 rings (SSSR count). The van der Waals surface area contributed by atoms with Crippen LogP contribution in [-0.4, -0.2) is 30.3 Å². The summed E-state index contributed by atoms with van der Waals surface area (Å²) in [5.74, 6) is 0.676. The van der Waals surface area contributed by atoms with E-state index in [1.165, 1.54) is 0 Å². The lowest BCUT2D eigenvalue weighted by Gasteiger charge is -2.12. The van der Waals surface area contributed by atoms with E-state index < -0.39 is 16.2 Å².